The third-order valence-electron chi connectivity index (χ3n) is 5.21. The van der Waals surface area contributed by atoms with Gasteiger partial charge in [-0.15, -0.1) is 0 Å². The predicted molar refractivity (Wildman–Crippen MR) is 117 cm³/mol. The summed E-state index contributed by atoms with van der Waals surface area (Å²) in [7, 11) is 0. The van der Waals surface area contributed by atoms with Crippen LogP contribution in [0.1, 0.15) is 6.42 Å². The van der Waals surface area contributed by atoms with E-state index >= 15 is 0 Å². The molecule has 1 amide bonds. The first-order valence-corrected chi connectivity index (χ1v) is 9.87. The molecule has 3 heterocycles. The third kappa shape index (κ3) is 3.59. The summed E-state index contributed by atoms with van der Waals surface area (Å²) in [5, 5.41) is 8.36. The van der Waals surface area contributed by atoms with Gasteiger partial charge in [0.1, 0.15) is 29.3 Å². The Balaban J connectivity index is 1.48. The number of rotatable bonds is 5. The summed E-state index contributed by atoms with van der Waals surface area (Å²) in [6.07, 6.45) is 1.99. The number of ether oxygens (including phenoxy) is 1. The highest BCUT2D eigenvalue weighted by molar-refractivity contribution is 5.98. The van der Waals surface area contributed by atoms with Crippen molar-refractivity contribution in [1.82, 2.24) is 25.1 Å². The van der Waals surface area contributed by atoms with Crippen LogP contribution in [-0.2, 0) is 11.3 Å². The highest BCUT2D eigenvalue weighted by Gasteiger charge is 2.27. The number of fused-ring (bicyclic) bond motifs is 1. The highest BCUT2D eigenvalue weighted by Crippen LogP contribution is 2.32. The number of carbonyl (C=O) groups is 1. The number of hydrogen-bond acceptors (Lipinski definition) is 6. The van der Waals surface area contributed by atoms with Crippen molar-refractivity contribution in [3.05, 3.63) is 73.1 Å². The lowest BCUT2D eigenvalue weighted by molar-refractivity contribution is -0.116. The summed E-state index contributed by atoms with van der Waals surface area (Å²) in [5.41, 5.74) is 8.93. The number of nitrogen functional groups attached to an aromatic ring is 1. The number of para-hydroxylation sites is 1. The smallest absolute Gasteiger partial charge is 0.246 e. The SMILES string of the molecule is C=C1CC(Cn2nc(-c3ccc(Oc4ccccc4)cc3)c3c(N)ncnc32)NC1=O. The number of nitrogens with zero attached hydrogens (tertiary/aromatic N) is 4. The Hall–Kier alpha value is -4.20. The Bertz CT molecular complexity index is 1260. The zero-order valence-electron chi connectivity index (χ0n) is 16.7. The fraction of sp³-hybridized carbons (Fsp3) is 0.130. The Kier molecular flexibility index (Phi) is 4.59. The molecule has 1 fully saturated rings. The largest absolute Gasteiger partial charge is 0.457 e. The minimum absolute atomic E-state index is 0.0891. The first-order valence-electron chi connectivity index (χ1n) is 9.87. The van der Waals surface area contributed by atoms with Gasteiger partial charge in [-0.2, -0.15) is 5.10 Å². The molecule has 8 nitrogen and oxygen atoms in total. The second-order valence-electron chi connectivity index (χ2n) is 7.41. The molecule has 1 aliphatic rings. The van der Waals surface area contributed by atoms with Gasteiger partial charge < -0.3 is 15.8 Å². The molecule has 1 saturated heterocycles. The maximum atomic E-state index is 11.8. The maximum absolute atomic E-state index is 11.8. The average Bonchev–Trinajstić information content (AvgIpc) is 3.30. The first kappa shape index (κ1) is 18.8. The number of hydrogen-bond donors (Lipinski definition) is 2. The highest BCUT2D eigenvalue weighted by atomic mass is 16.5. The van der Waals surface area contributed by atoms with Gasteiger partial charge in [0.15, 0.2) is 5.65 Å². The van der Waals surface area contributed by atoms with Gasteiger partial charge in [0.25, 0.3) is 0 Å². The number of amides is 1. The molecule has 2 aromatic carbocycles. The van der Waals surface area contributed by atoms with Crippen LogP contribution in [0.4, 0.5) is 5.82 Å². The van der Waals surface area contributed by atoms with Gasteiger partial charge >= 0.3 is 0 Å². The van der Waals surface area contributed by atoms with E-state index < -0.39 is 0 Å². The lowest BCUT2D eigenvalue weighted by Gasteiger charge is -2.09. The lowest BCUT2D eigenvalue weighted by atomic mass is 10.1. The minimum Gasteiger partial charge on any atom is -0.457 e. The Labute approximate surface area is 178 Å². The van der Waals surface area contributed by atoms with Crippen molar-refractivity contribution in [3.8, 4) is 22.8 Å². The predicted octanol–water partition coefficient (Wildman–Crippen LogP) is 3.31. The van der Waals surface area contributed by atoms with Crippen molar-refractivity contribution in [1.29, 1.82) is 0 Å². The molecular formula is C23H20N6O2. The van der Waals surface area contributed by atoms with E-state index in [0.29, 0.717) is 41.1 Å². The van der Waals surface area contributed by atoms with Crippen molar-refractivity contribution in [3.63, 3.8) is 0 Å². The van der Waals surface area contributed by atoms with Crippen LogP contribution in [0, 0.1) is 0 Å². The van der Waals surface area contributed by atoms with Gasteiger partial charge in [0.2, 0.25) is 5.91 Å². The lowest BCUT2D eigenvalue weighted by Crippen LogP contribution is -2.30. The molecule has 8 heteroatoms. The molecule has 1 aliphatic heterocycles. The summed E-state index contributed by atoms with van der Waals surface area (Å²) in [4.78, 5) is 20.3. The first-order chi connectivity index (χ1) is 15.1. The van der Waals surface area contributed by atoms with E-state index in [1.165, 1.54) is 6.33 Å². The average molecular weight is 412 g/mol. The van der Waals surface area contributed by atoms with Gasteiger partial charge in [-0.3, -0.25) is 4.79 Å². The van der Waals surface area contributed by atoms with Crippen LogP contribution >= 0.6 is 0 Å². The van der Waals surface area contributed by atoms with Crippen molar-refractivity contribution in [2.24, 2.45) is 0 Å². The van der Waals surface area contributed by atoms with Gasteiger partial charge in [-0.05, 0) is 42.8 Å². The van der Waals surface area contributed by atoms with Crippen molar-refractivity contribution >= 4 is 22.8 Å². The molecule has 0 radical (unpaired) electrons. The molecule has 0 bridgehead atoms. The summed E-state index contributed by atoms with van der Waals surface area (Å²) >= 11 is 0. The monoisotopic (exact) mass is 412 g/mol. The fourth-order valence-electron chi connectivity index (χ4n) is 3.71. The summed E-state index contributed by atoms with van der Waals surface area (Å²) in [5.74, 6) is 1.72. The normalized spacial score (nSPS) is 15.9. The van der Waals surface area contributed by atoms with E-state index in [2.05, 4.69) is 21.9 Å². The zero-order valence-corrected chi connectivity index (χ0v) is 16.7. The van der Waals surface area contributed by atoms with E-state index in [0.717, 1.165) is 17.1 Å². The molecule has 154 valence electrons. The van der Waals surface area contributed by atoms with Crippen LogP contribution in [-0.4, -0.2) is 31.7 Å². The molecule has 0 spiro atoms. The molecule has 1 atom stereocenters. The molecule has 4 aromatic rings. The molecule has 1 unspecified atom stereocenters. The molecule has 5 rings (SSSR count). The van der Waals surface area contributed by atoms with Crippen LogP contribution in [0.2, 0.25) is 0 Å². The topological polar surface area (TPSA) is 108 Å². The molecule has 31 heavy (non-hydrogen) atoms. The summed E-state index contributed by atoms with van der Waals surface area (Å²) in [6.45, 7) is 4.26. The molecule has 0 saturated carbocycles. The van der Waals surface area contributed by atoms with E-state index in [4.69, 9.17) is 15.6 Å². The second-order valence-corrected chi connectivity index (χ2v) is 7.41. The Morgan fingerprint density at radius 3 is 2.55 bits per heavy atom. The molecule has 3 N–H and O–H groups in total. The van der Waals surface area contributed by atoms with Crippen LogP contribution in [0.25, 0.3) is 22.3 Å². The van der Waals surface area contributed by atoms with Gasteiger partial charge in [0, 0.05) is 11.1 Å². The summed E-state index contributed by atoms with van der Waals surface area (Å²) < 4.78 is 7.64. The van der Waals surface area contributed by atoms with Gasteiger partial charge in [0.05, 0.1) is 18.0 Å². The number of anilines is 1. The van der Waals surface area contributed by atoms with Crippen LogP contribution in [0.15, 0.2) is 73.1 Å². The summed E-state index contributed by atoms with van der Waals surface area (Å²) in [6, 6.07) is 17.1. The minimum atomic E-state index is -0.121. The fourth-order valence-corrected chi connectivity index (χ4v) is 3.71. The van der Waals surface area contributed by atoms with E-state index in [-0.39, 0.29) is 11.9 Å². The zero-order chi connectivity index (χ0) is 21.4. The van der Waals surface area contributed by atoms with Crippen molar-refractivity contribution in [2.75, 3.05) is 5.73 Å². The molecular weight excluding hydrogens is 392 g/mol. The van der Waals surface area contributed by atoms with E-state index in [1.807, 2.05) is 54.6 Å². The second kappa shape index (κ2) is 7.56. The van der Waals surface area contributed by atoms with Crippen LogP contribution in [0.3, 0.4) is 0 Å². The quantitative estimate of drug-likeness (QED) is 0.487. The Morgan fingerprint density at radius 2 is 1.84 bits per heavy atom. The number of aromatic nitrogens is 4. The van der Waals surface area contributed by atoms with Crippen molar-refractivity contribution < 1.29 is 9.53 Å². The van der Waals surface area contributed by atoms with Crippen LogP contribution < -0.4 is 15.8 Å². The standard InChI is InChI=1S/C23H20N6O2/c1-14-11-16(27-23(14)30)12-29-22-19(21(24)25-13-26-22)20(28-29)15-7-9-18(10-8-15)31-17-5-3-2-4-6-17/h2-10,13,16H,1,11-12H2,(H,27,30)(H2,24,25,26). The van der Waals surface area contributed by atoms with Gasteiger partial charge in [-0.25, -0.2) is 14.6 Å². The molecule has 2 aromatic heterocycles. The van der Waals surface area contributed by atoms with E-state index in [1.54, 1.807) is 4.68 Å². The Morgan fingerprint density at radius 1 is 1.10 bits per heavy atom. The van der Waals surface area contributed by atoms with E-state index in [9.17, 15) is 4.79 Å². The van der Waals surface area contributed by atoms with Gasteiger partial charge in [-0.1, -0.05) is 24.8 Å². The number of benzene rings is 2. The number of carbonyl (C=O) groups excluding carboxylic acids is 1. The van der Waals surface area contributed by atoms with Crippen molar-refractivity contribution in [2.45, 2.75) is 19.0 Å². The maximum Gasteiger partial charge on any atom is 0.246 e. The number of nitrogens with one attached hydrogen (secondary N) is 1. The number of nitrogens with two attached hydrogens (primary N) is 1. The van der Waals surface area contributed by atoms with Crippen LogP contribution in [0.5, 0.6) is 11.5 Å². The molecule has 0 aliphatic carbocycles. The third-order valence-corrected chi connectivity index (χ3v) is 5.21.